The summed E-state index contributed by atoms with van der Waals surface area (Å²) in [5, 5.41) is 0.311. The van der Waals surface area contributed by atoms with Crippen LogP contribution in [0.15, 0.2) is 42.6 Å². The fourth-order valence-electron chi connectivity index (χ4n) is 3.63. The number of anilines is 1. The number of halogens is 2. The van der Waals surface area contributed by atoms with Gasteiger partial charge in [0.2, 0.25) is 11.8 Å². The fraction of sp³-hybridized carbons (Fsp3) is 0.348. The minimum Gasteiger partial charge on any atom is -0.497 e. The van der Waals surface area contributed by atoms with Crippen LogP contribution in [-0.4, -0.2) is 41.2 Å². The molecule has 1 fully saturated rings. The smallest absolute Gasteiger partial charge is 0.238 e. The fourth-order valence-corrected chi connectivity index (χ4v) is 3.89. The molecule has 0 saturated carbocycles. The molecule has 0 aliphatic carbocycles. The lowest BCUT2D eigenvalue weighted by molar-refractivity contribution is 0.293. The van der Waals surface area contributed by atoms with Gasteiger partial charge in [-0.1, -0.05) is 30.2 Å². The highest BCUT2D eigenvalue weighted by Crippen LogP contribution is 2.35. The molecule has 0 radical (unpaired) electrons. The number of hydrogen-bond acceptors (Lipinski definition) is 7. The predicted octanol–water partition coefficient (Wildman–Crippen LogP) is 4.24. The second-order valence-electron chi connectivity index (χ2n) is 7.70. The first-order valence-corrected chi connectivity index (χ1v) is 10.9. The van der Waals surface area contributed by atoms with Crippen molar-refractivity contribution in [1.82, 2.24) is 15.0 Å². The number of aromatic nitrogens is 3. The first-order valence-electron chi connectivity index (χ1n) is 10.5. The Balaban J connectivity index is 1.69. The van der Waals surface area contributed by atoms with E-state index in [1.54, 1.807) is 13.2 Å². The van der Waals surface area contributed by atoms with E-state index in [0.717, 1.165) is 37.1 Å². The number of pyridine rings is 1. The van der Waals surface area contributed by atoms with Crippen LogP contribution in [0.25, 0.3) is 11.4 Å². The molecular formula is C23H25ClFN5O2. The molecule has 0 bridgehead atoms. The van der Waals surface area contributed by atoms with Gasteiger partial charge in [0.1, 0.15) is 17.4 Å². The molecule has 3 aromatic rings. The molecule has 0 amide bonds. The van der Waals surface area contributed by atoms with E-state index in [1.807, 2.05) is 24.3 Å². The van der Waals surface area contributed by atoms with Crippen molar-refractivity contribution >= 4 is 17.4 Å². The number of nitrogens with two attached hydrogens (primary N) is 1. The summed E-state index contributed by atoms with van der Waals surface area (Å²) in [6.45, 7) is 1.65. The maximum Gasteiger partial charge on any atom is 0.238 e. The molecule has 4 rings (SSSR count). The number of benzene rings is 1. The Labute approximate surface area is 191 Å². The third-order valence-corrected chi connectivity index (χ3v) is 5.66. The van der Waals surface area contributed by atoms with Crippen molar-refractivity contribution in [2.24, 2.45) is 5.73 Å². The van der Waals surface area contributed by atoms with Gasteiger partial charge in [0.05, 0.1) is 7.11 Å². The van der Waals surface area contributed by atoms with Gasteiger partial charge in [-0.2, -0.15) is 9.37 Å². The maximum absolute atomic E-state index is 13.8. The van der Waals surface area contributed by atoms with Crippen LogP contribution in [0.4, 0.5) is 10.2 Å². The molecule has 9 heteroatoms. The molecule has 32 heavy (non-hydrogen) atoms. The number of rotatable bonds is 6. The summed E-state index contributed by atoms with van der Waals surface area (Å²) in [6, 6.07) is 10.5. The van der Waals surface area contributed by atoms with E-state index in [-0.39, 0.29) is 18.5 Å². The molecule has 1 unspecified atom stereocenters. The van der Waals surface area contributed by atoms with Crippen molar-refractivity contribution in [3.63, 3.8) is 0 Å². The van der Waals surface area contributed by atoms with Gasteiger partial charge < -0.3 is 20.1 Å². The summed E-state index contributed by atoms with van der Waals surface area (Å²) in [5.41, 5.74) is 7.67. The van der Waals surface area contributed by atoms with E-state index in [9.17, 15) is 4.39 Å². The van der Waals surface area contributed by atoms with Gasteiger partial charge in [0.15, 0.2) is 11.6 Å². The molecule has 7 nitrogen and oxygen atoms in total. The van der Waals surface area contributed by atoms with Crippen LogP contribution in [0.5, 0.6) is 11.6 Å². The standard InChI is InChI=1S/C23H25ClFN5O2/c1-31-18-7-5-15(6-8-18)14-32-23-20(24)22(30-11-3-2-4-17(26)13-30)28-21(29-23)16-9-10-27-19(25)12-16/h5-10,12,17H,2-4,11,13-14,26H2,1H3. The van der Waals surface area contributed by atoms with E-state index < -0.39 is 5.95 Å². The van der Waals surface area contributed by atoms with Crippen molar-refractivity contribution in [2.75, 3.05) is 25.1 Å². The molecule has 1 atom stereocenters. The minimum absolute atomic E-state index is 0.0222. The molecule has 1 aromatic carbocycles. The van der Waals surface area contributed by atoms with E-state index in [4.69, 9.17) is 26.8 Å². The van der Waals surface area contributed by atoms with Crippen molar-refractivity contribution < 1.29 is 13.9 Å². The second-order valence-corrected chi connectivity index (χ2v) is 8.07. The zero-order chi connectivity index (χ0) is 22.5. The Kier molecular flexibility index (Phi) is 7.02. The molecule has 3 heterocycles. The van der Waals surface area contributed by atoms with Gasteiger partial charge in [0, 0.05) is 37.0 Å². The van der Waals surface area contributed by atoms with Gasteiger partial charge >= 0.3 is 0 Å². The van der Waals surface area contributed by atoms with Gasteiger partial charge in [0.25, 0.3) is 0 Å². The molecular weight excluding hydrogens is 433 g/mol. The predicted molar refractivity (Wildman–Crippen MR) is 122 cm³/mol. The Bertz CT molecular complexity index is 1070. The summed E-state index contributed by atoms with van der Waals surface area (Å²) in [4.78, 5) is 14.8. The van der Waals surface area contributed by atoms with Gasteiger partial charge in [-0.05, 0) is 36.6 Å². The SMILES string of the molecule is COc1ccc(COc2nc(-c3ccnc(F)c3)nc(N3CCCCC(N)C3)c2Cl)cc1. The van der Waals surface area contributed by atoms with Gasteiger partial charge in [-0.3, -0.25) is 0 Å². The summed E-state index contributed by atoms with van der Waals surface area (Å²) in [7, 11) is 1.62. The molecule has 2 aromatic heterocycles. The average molecular weight is 458 g/mol. The van der Waals surface area contributed by atoms with Crippen LogP contribution < -0.4 is 20.1 Å². The lowest BCUT2D eigenvalue weighted by atomic mass is 10.2. The molecule has 1 aliphatic rings. The number of nitrogens with zero attached hydrogens (tertiary/aromatic N) is 4. The molecule has 1 aliphatic heterocycles. The van der Waals surface area contributed by atoms with Crippen LogP contribution in [0.2, 0.25) is 5.02 Å². The lowest BCUT2D eigenvalue weighted by Gasteiger charge is -2.25. The third kappa shape index (κ3) is 5.26. The Morgan fingerprint density at radius 1 is 1.19 bits per heavy atom. The van der Waals surface area contributed by atoms with E-state index >= 15 is 0 Å². The number of ether oxygens (including phenoxy) is 2. The topological polar surface area (TPSA) is 86.4 Å². The van der Waals surface area contributed by atoms with Crippen molar-refractivity contribution in [2.45, 2.75) is 31.9 Å². The third-order valence-electron chi connectivity index (χ3n) is 5.33. The highest BCUT2D eigenvalue weighted by Gasteiger charge is 2.23. The summed E-state index contributed by atoms with van der Waals surface area (Å²) in [6.07, 6.45) is 4.35. The Morgan fingerprint density at radius 3 is 2.75 bits per heavy atom. The lowest BCUT2D eigenvalue weighted by Crippen LogP contribution is -2.36. The van der Waals surface area contributed by atoms with Crippen LogP contribution in [0.3, 0.4) is 0 Å². The summed E-state index contributed by atoms with van der Waals surface area (Å²) < 4.78 is 24.9. The highest BCUT2D eigenvalue weighted by atomic mass is 35.5. The first-order chi connectivity index (χ1) is 15.5. The zero-order valence-electron chi connectivity index (χ0n) is 17.8. The van der Waals surface area contributed by atoms with E-state index in [2.05, 4.69) is 19.9 Å². The number of hydrogen-bond donors (Lipinski definition) is 1. The second kappa shape index (κ2) is 10.1. The maximum atomic E-state index is 13.8. The summed E-state index contributed by atoms with van der Waals surface area (Å²) >= 11 is 6.71. The molecule has 2 N–H and O–H groups in total. The van der Waals surface area contributed by atoms with Crippen LogP contribution in [0.1, 0.15) is 24.8 Å². The highest BCUT2D eigenvalue weighted by molar-refractivity contribution is 6.34. The van der Waals surface area contributed by atoms with Crippen LogP contribution >= 0.6 is 11.6 Å². The van der Waals surface area contributed by atoms with Gasteiger partial charge in [-0.25, -0.2) is 9.97 Å². The van der Waals surface area contributed by atoms with Crippen molar-refractivity contribution in [3.8, 4) is 23.0 Å². The monoisotopic (exact) mass is 457 g/mol. The largest absolute Gasteiger partial charge is 0.497 e. The summed E-state index contributed by atoms with van der Waals surface area (Å²) in [5.74, 6) is 1.23. The van der Waals surface area contributed by atoms with E-state index in [1.165, 1.54) is 12.3 Å². The molecule has 0 spiro atoms. The Hall–Kier alpha value is -2.97. The molecule has 1 saturated heterocycles. The normalized spacial score (nSPS) is 16.5. The zero-order valence-corrected chi connectivity index (χ0v) is 18.6. The minimum atomic E-state index is -0.611. The Morgan fingerprint density at radius 2 is 2.00 bits per heavy atom. The number of methoxy groups -OCH3 is 1. The van der Waals surface area contributed by atoms with Crippen molar-refractivity contribution in [1.29, 1.82) is 0 Å². The molecule has 168 valence electrons. The van der Waals surface area contributed by atoms with E-state index in [0.29, 0.717) is 28.8 Å². The van der Waals surface area contributed by atoms with Crippen LogP contribution in [0, 0.1) is 5.95 Å². The van der Waals surface area contributed by atoms with Crippen molar-refractivity contribution in [3.05, 3.63) is 59.1 Å². The van der Waals surface area contributed by atoms with Gasteiger partial charge in [-0.15, -0.1) is 0 Å². The quantitative estimate of drug-likeness (QED) is 0.554. The first kappa shape index (κ1) is 22.2. The van der Waals surface area contributed by atoms with Crippen LogP contribution in [-0.2, 0) is 6.61 Å². The average Bonchev–Trinajstić information content (AvgIpc) is 3.03.